The van der Waals surface area contributed by atoms with Crippen LogP contribution in [-0.4, -0.2) is 24.8 Å². The Bertz CT molecular complexity index is 215. The van der Waals surface area contributed by atoms with E-state index in [-0.39, 0.29) is 18.5 Å². The highest BCUT2D eigenvalue weighted by Crippen LogP contribution is 2.15. The normalized spacial score (nSPS) is 21.6. The molecule has 0 amide bonds. The molecule has 1 aliphatic carbocycles. The molecule has 0 aromatic carbocycles. The molecule has 1 atom stereocenters. The van der Waals surface area contributed by atoms with Crippen molar-refractivity contribution in [1.82, 2.24) is 0 Å². The molecule has 0 spiro atoms. The Balaban J connectivity index is 2.63. The summed E-state index contributed by atoms with van der Waals surface area (Å²) in [5.41, 5.74) is 0.520. The maximum Gasteiger partial charge on any atom is 0.337 e. The highest BCUT2D eigenvalue weighted by atomic mass is 16.5. The van der Waals surface area contributed by atoms with Crippen LogP contribution >= 0.6 is 0 Å². The average molecular weight is 154 g/mol. The second kappa shape index (κ2) is 3.34. The standard InChI is InChI=1S/C8H10O3/c1-11-8(10)7-3-2-6(4-7)5-9/h2-4,6,9H,5H2,1H3. The van der Waals surface area contributed by atoms with Crippen LogP contribution in [0.3, 0.4) is 0 Å². The molecule has 0 aromatic rings. The van der Waals surface area contributed by atoms with Crippen LogP contribution in [0.1, 0.15) is 0 Å². The predicted molar refractivity (Wildman–Crippen MR) is 39.8 cm³/mol. The minimum absolute atomic E-state index is 0.0240. The van der Waals surface area contributed by atoms with Crippen molar-refractivity contribution in [3.05, 3.63) is 23.8 Å². The van der Waals surface area contributed by atoms with E-state index in [0.29, 0.717) is 5.57 Å². The molecule has 0 fully saturated rings. The molecule has 60 valence electrons. The van der Waals surface area contributed by atoms with Crippen molar-refractivity contribution < 1.29 is 14.6 Å². The Morgan fingerprint density at radius 2 is 2.55 bits per heavy atom. The third-order valence-corrected chi connectivity index (χ3v) is 1.55. The molecule has 11 heavy (non-hydrogen) atoms. The van der Waals surface area contributed by atoms with Crippen molar-refractivity contribution in [3.8, 4) is 0 Å². The van der Waals surface area contributed by atoms with Crippen molar-refractivity contribution in [1.29, 1.82) is 0 Å². The molecule has 1 unspecified atom stereocenters. The highest BCUT2D eigenvalue weighted by molar-refractivity contribution is 5.92. The number of hydrogen-bond donors (Lipinski definition) is 1. The molecule has 3 heteroatoms. The number of hydrogen-bond acceptors (Lipinski definition) is 3. The Kier molecular flexibility index (Phi) is 2.44. The second-order valence-electron chi connectivity index (χ2n) is 2.32. The highest BCUT2D eigenvalue weighted by Gasteiger charge is 2.14. The van der Waals surface area contributed by atoms with Gasteiger partial charge in [0.05, 0.1) is 19.3 Å². The van der Waals surface area contributed by atoms with E-state index < -0.39 is 0 Å². The lowest BCUT2D eigenvalue weighted by Crippen LogP contribution is -2.02. The van der Waals surface area contributed by atoms with E-state index in [0.717, 1.165) is 0 Å². The van der Waals surface area contributed by atoms with Crippen LogP contribution in [0.5, 0.6) is 0 Å². The fraction of sp³-hybridized carbons (Fsp3) is 0.375. The first-order valence-electron chi connectivity index (χ1n) is 3.37. The first kappa shape index (κ1) is 8.01. The van der Waals surface area contributed by atoms with Crippen LogP contribution in [0, 0.1) is 5.92 Å². The first-order valence-corrected chi connectivity index (χ1v) is 3.37. The molecule has 0 saturated heterocycles. The van der Waals surface area contributed by atoms with Crippen LogP contribution in [0.25, 0.3) is 0 Å². The summed E-state index contributed by atoms with van der Waals surface area (Å²) in [7, 11) is 1.34. The van der Waals surface area contributed by atoms with E-state index in [2.05, 4.69) is 4.74 Å². The van der Waals surface area contributed by atoms with Gasteiger partial charge in [0, 0.05) is 5.92 Å². The molecule has 1 N–H and O–H groups in total. The summed E-state index contributed by atoms with van der Waals surface area (Å²) in [4.78, 5) is 10.9. The van der Waals surface area contributed by atoms with Gasteiger partial charge in [-0.25, -0.2) is 4.79 Å². The second-order valence-corrected chi connectivity index (χ2v) is 2.32. The molecular formula is C8H10O3. The van der Waals surface area contributed by atoms with Crippen LogP contribution in [0.15, 0.2) is 23.8 Å². The average Bonchev–Trinajstić information content (AvgIpc) is 2.50. The summed E-state index contributed by atoms with van der Waals surface area (Å²) in [6, 6.07) is 0. The molecule has 0 heterocycles. The zero-order valence-electron chi connectivity index (χ0n) is 6.28. The number of aliphatic hydroxyl groups is 1. The van der Waals surface area contributed by atoms with Crippen LogP contribution < -0.4 is 0 Å². The van der Waals surface area contributed by atoms with Gasteiger partial charge < -0.3 is 9.84 Å². The van der Waals surface area contributed by atoms with Crippen LogP contribution in [-0.2, 0) is 9.53 Å². The lowest BCUT2D eigenvalue weighted by molar-refractivity contribution is -0.135. The Labute approximate surface area is 65.0 Å². The monoisotopic (exact) mass is 154 g/mol. The maximum atomic E-state index is 10.9. The minimum atomic E-state index is -0.350. The third-order valence-electron chi connectivity index (χ3n) is 1.55. The molecule has 0 aliphatic heterocycles. The van der Waals surface area contributed by atoms with Gasteiger partial charge in [0.1, 0.15) is 0 Å². The Hall–Kier alpha value is -1.09. The number of ether oxygens (including phenoxy) is 1. The summed E-state index contributed by atoms with van der Waals surface area (Å²) in [6.07, 6.45) is 5.12. The van der Waals surface area contributed by atoms with Gasteiger partial charge in [-0.3, -0.25) is 0 Å². The molecule has 1 aliphatic rings. The molecule has 0 bridgehead atoms. The fourth-order valence-electron chi connectivity index (χ4n) is 0.937. The number of aliphatic hydroxyl groups excluding tert-OH is 1. The molecule has 0 saturated carbocycles. The van der Waals surface area contributed by atoms with Gasteiger partial charge in [0.25, 0.3) is 0 Å². The van der Waals surface area contributed by atoms with Crippen molar-refractivity contribution >= 4 is 5.97 Å². The van der Waals surface area contributed by atoms with Crippen molar-refractivity contribution in [2.45, 2.75) is 0 Å². The number of carbonyl (C=O) groups excluding carboxylic acids is 1. The smallest absolute Gasteiger partial charge is 0.337 e. The maximum absolute atomic E-state index is 10.9. The van der Waals surface area contributed by atoms with Gasteiger partial charge in [0.15, 0.2) is 0 Å². The summed E-state index contributed by atoms with van der Waals surface area (Å²) >= 11 is 0. The summed E-state index contributed by atoms with van der Waals surface area (Å²) < 4.78 is 4.49. The van der Waals surface area contributed by atoms with Gasteiger partial charge in [-0.1, -0.05) is 18.2 Å². The Morgan fingerprint density at radius 1 is 1.82 bits per heavy atom. The molecule has 3 nitrogen and oxygen atoms in total. The van der Waals surface area contributed by atoms with Gasteiger partial charge in [-0.05, 0) is 0 Å². The van der Waals surface area contributed by atoms with Gasteiger partial charge >= 0.3 is 5.97 Å². The van der Waals surface area contributed by atoms with E-state index in [4.69, 9.17) is 5.11 Å². The zero-order valence-corrected chi connectivity index (χ0v) is 6.28. The number of rotatable bonds is 2. The molecule has 0 aromatic heterocycles. The summed E-state index contributed by atoms with van der Waals surface area (Å²) in [6.45, 7) is 0.0387. The molecule has 1 rings (SSSR count). The van der Waals surface area contributed by atoms with E-state index in [1.54, 1.807) is 18.2 Å². The van der Waals surface area contributed by atoms with Crippen molar-refractivity contribution in [2.75, 3.05) is 13.7 Å². The van der Waals surface area contributed by atoms with Gasteiger partial charge in [-0.2, -0.15) is 0 Å². The summed E-state index contributed by atoms with van der Waals surface area (Å²) in [5.74, 6) is -0.374. The SMILES string of the molecule is COC(=O)C1=CC(CO)C=C1. The van der Waals surface area contributed by atoms with Gasteiger partial charge in [0.2, 0.25) is 0 Å². The van der Waals surface area contributed by atoms with Crippen LogP contribution in [0.2, 0.25) is 0 Å². The largest absolute Gasteiger partial charge is 0.465 e. The molecular weight excluding hydrogens is 144 g/mol. The third kappa shape index (κ3) is 1.68. The van der Waals surface area contributed by atoms with Gasteiger partial charge in [-0.15, -0.1) is 0 Å². The quantitative estimate of drug-likeness (QED) is 0.580. The number of esters is 1. The lowest BCUT2D eigenvalue weighted by Gasteiger charge is -1.96. The minimum Gasteiger partial charge on any atom is -0.465 e. The zero-order chi connectivity index (χ0) is 8.27. The first-order chi connectivity index (χ1) is 5.27. The van der Waals surface area contributed by atoms with Crippen molar-refractivity contribution in [3.63, 3.8) is 0 Å². The van der Waals surface area contributed by atoms with E-state index in [9.17, 15) is 4.79 Å². The fourth-order valence-corrected chi connectivity index (χ4v) is 0.937. The molecule has 0 radical (unpaired) electrons. The topological polar surface area (TPSA) is 46.5 Å². The Morgan fingerprint density at radius 3 is 3.00 bits per heavy atom. The van der Waals surface area contributed by atoms with E-state index in [1.165, 1.54) is 7.11 Å². The van der Waals surface area contributed by atoms with Crippen LogP contribution in [0.4, 0.5) is 0 Å². The van der Waals surface area contributed by atoms with E-state index >= 15 is 0 Å². The van der Waals surface area contributed by atoms with E-state index in [1.807, 2.05) is 0 Å². The summed E-state index contributed by atoms with van der Waals surface area (Å²) in [5, 5.41) is 8.69. The number of carbonyl (C=O) groups is 1. The lowest BCUT2D eigenvalue weighted by atomic mass is 10.2. The van der Waals surface area contributed by atoms with Crippen molar-refractivity contribution in [2.24, 2.45) is 5.92 Å². The predicted octanol–water partition coefficient (Wildman–Crippen LogP) is 0.264. The number of methoxy groups -OCH3 is 1.